The Morgan fingerprint density at radius 2 is 2.05 bits per heavy atom. The van der Waals surface area contributed by atoms with Crippen molar-refractivity contribution in [1.82, 2.24) is 5.32 Å². The van der Waals surface area contributed by atoms with Crippen LogP contribution >= 0.6 is 11.8 Å². The first-order valence-corrected chi connectivity index (χ1v) is 9.48. The highest BCUT2D eigenvalue weighted by Crippen LogP contribution is 2.27. The monoisotopic (exact) mass is 343 g/mol. The molecule has 1 heterocycles. The SMILES string of the molecule is C[C@H](Sc1ccccc1C(=O)O)C(=O)N[C@H]1CCS(=O)(=O)C1. The summed E-state index contributed by atoms with van der Waals surface area (Å²) in [6.07, 6.45) is 0.428. The van der Waals surface area contributed by atoms with E-state index in [4.69, 9.17) is 5.11 Å². The normalized spacial score (nSPS) is 21.2. The molecule has 1 amide bonds. The van der Waals surface area contributed by atoms with Crippen LogP contribution in [0.5, 0.6) is 0 Å². The Bertz CT molecular complexity index is 686. The van der Waals surface area contributed by atoms with Gasteiger partial charge in [-0.15, -0.1) is 11.8 Å². The number of carbonyl (C=O) groups excluding carboxylic acids is 1. The standard InChI is InChI=1S/C14H17NO5S2/c1-9(13(16)15-10-6-7-22(19,20)8-10)21-12-5-3-2-4-11(12)14(17)18/h2-5,9-10H,6-8H2,1H3,(H,15,16)(H,17,18)/t9-,10-/m0/s1. The maximum Gasteiger partial charge on any atom is 0.336 e. The Labute approximate surface area is 133 Å². The Balaban J connectivity index is 1.99. The van der Waals surface area contributed by atoms with Crippen molar-refractivity contribution in [2.75, 3.05) is 11.5 Å². The molecule has 1 fully saturated rings. The lowest BCUT2D eigenvalue weighted by atomic mass is 10.2. The Hall–Kier alpha value is -1.54. The van der Waals surface area contributed by atoms with Gasteiger partial charge < -0.3 is 10.4 Å². The van der Waals surface area contributed by atoms with E-state index in [0.717, 1.165) is 11.8 Å². The van der Waals surface area contributed by atoms with E-state index in [1.165, 1.54) is 6.07 Å². The molecule has 1 aliphatic rings. The molecule has 1 aromatic rings. The molecular formula is C14H17NO5S2. The fourth-order valence-electron chi connectivity index (χ4n) is 2.22. The predicted octanol–water partition coefficient (Wildman–Crippen LogP) is 1.17. The minimum atomic E-state index is -3.04. The molecule has 0 unspecified atom stereocenters. The van der Waals surface area contributed by atoms with Crippen LogP contribution in [0, 0.1) is 0 Å². The third-order valence-electron chi connectivity index (χ3n) is 3.37. The summed E-state index contributed by atoms with van der Waals surface area (Å²) in [5, 5.41) is 11.3. The van der Waals surface area contributed by atoms with Gasteiger partial charge in [0.05, 0.1) is 22.3 Å². The second-order valence-electron chi connectivity index (χ2n) is 5.17. The Morgan fingerprint density at radius 3 is 2.64 bits per heavy atom. The van der Waals surface area contributed by atoms with E-state index in [-0.39, 0.29) is 29.0 Å². The molecule has 0 aromatic heterocycles. The van der Waals surface area contributed by atoms with Crippen LogP contribution in [-0.2, 0) is 14.6 Å². The topological polar surface area (TPSA) is 101 Å². The predicted molar refractivity (Wildman–Crippen MR) is 83.9 cm³/mol. The van der Waals surface area contributed by atoms with Gasteiger partial charge in [0.15, 0.2) is 9.84 Å². The van der Waals surface area contributed by atoms with Gasteiger partial charge >= 0.3 is 5.97 Å². The molecule has 2 rings (SSSR count). The van der Waals surface area contributed by atoms with E-state index in [9.17, 15) is 18.0 Å². The van der Waals surface area contributed by atoms with Gasteiger partial charge in [0.2, 0.25) is 5.91 Å². The molecule has 120 valence electrons. The van der Waals surface area contributed by atoms with Gasteiger partial charge in [0.25, 0.3) is 0 Å². The lowest BCUT2D eigenvalue weighted by molar-refractivity contribution is -0.120. The summed E-state index contributed by atoms with van der Waals surface area (Å²) in [5.74, 6) is -1.26. The van der Waals surface area contributed by atoms with Crippen LogP contribution < -0.4 is 5.32 Å². The molecule has 2 atom stereocenters. The van der Waals surface area contributed by atoms with Crippen molar-refractivity contribution in [3.05, 3.63) is 29.8 Å². The van der Waals surface area contributed by atoms with Crippen molar-refractivity contribution < 1.29 is 23.1 Å². The quantitative estimate of drug-likeness (QED) is 0.779. The number of hydrogen-bond donors (Lipinski definition) is 2. The number of amides is 1. The van der Waals surface area contributed by atoms with Crippen molar-refractivity contribution in [1.29, 1.82) is 0 Å². The second kappa shape index (κ2) is 6.70. The van der Waals surface area contributed by atoms with Gasteiger partial charge in [-0.3, -0.25) is 4.79 Å². The van der Waals surface area contributed by atoms with E-state index >= 15 is 0 Å². The molecule has 0 bridgehead atoms. The highest BCUT2D eigenvalue weighted by atomic mass is 32.2. The zero-order chi connectivity index (χ0) is 16.3. The van der Waals surface area contributed by atoms with Crippen LogP contribution in [0.25, 0.3) is 0 Å². The van der Waals surface area contributed by atoms with Crippen LogP contribution in [0.15, 0.2) is 29.2 Å². The molecule has 22 heavy (non-hydrogen) atoms. The summed E-state index contributed by atoms with van der Waals surface area (Å²) in [7, 11) is -3.04. The minimum Gasteiger partial charge on any atom is -0.478 e. The Morgan fingerprint density at radius 1 is 1.36 bits per heavy atom. The minimum absolute atomic E-state index is 0.0260. The summed E-state index contributed by atoms with van der Waals surface area (Å²) in [5.41, 5.74) is 0.149. The second-order valence-corrected chi connectivity index (χ2v) is 8.78. The van der Waals surface area contributed by atoms with Gasteiger partial charge in [-0.05, 0) is 25.5 Å². The molecule has 0 saturated carbocycles. The molecule has 2 N–H and O–H groups in total. The number of carboxylic acid groups (broad SMARTS) is 1. The molecule has 0 radical (unpaired) electrons. The number of carboxylic acids is 1. The van der Waals surface area contributed by atoms with Crippen molar-refractivity contribution in [2.45, 2.75) is 29.5 Å². The van der Waals surface area contributed by atoms with Crippen LogP contribution in [0.4, 0.5) is 0 Å². The molecule has 1 aromatic carbocycles. The molecule has 0 spiro atoms. The van der Waals surface area contributed by atoms with E-state index in [2.05, 4.69) is 5.32 Å². The smallest absolute Gasteiger partial charge is 0.336 e. The van der Waals surface area contributed by atoms with Crippen LogP contribution in [-0.4, -0.2) is 48.2 Å². The summed E-state index contributed by atoms with van der Waals surface area (Å²) in [6.45, 7) is 1.67. The molecular weight excluding hydrogens is 326 g/mol. The number of sulfone groups is 1. The van der Waals surface area contributed by atoms with E-state index < -0.39 is 21.1 Å². The van der Waals surface area contributed by atoms with Crippen molar-refractivity contribution in [3.8, 4) is 0 Å². The number of carbonyl (C=O) groups is 2. The van der Waals surface area contributed by atoms with Gasteiger partial charge in [0, 0.05) is 10.9 Å². The lowest BCUT2D eigenvalue weighted by Crippen LogP contribution is -2.39. The number of aromatic carboxylic acids is 1. The fourth-order valence-corrected chi connectivity index (χ4v) is 4.89. The molecule has 1 aliphatic heterocycles. The van der Waals surface area contributed by atoms with Crippen LogP contribution in [0.1, 0.15) is 23.7 Å². The number of hydrogen-bond acceptors (Lipinski definition) is 5. The summed E-state index contributed by atoms with van der Waals surface area (Å²) in [6, 6.07) is 6.12. The number of rotatable bonds is 5. The van der Waals surface area contributed by atoms with Gasteiger partial charge in [-0.2, -0.15) is 0 Å². The van der Waals surface area contributed by atoms with Gasteiger partial charge in [-0.25, -0.2) is 13.2 Å². The zero-order valence-electron chi connectivity index (χ0n) is 12.0. The lowest BCUT2D eigenvalue weighted by Gasteiger charge is -2.16. The van der Waals surface area contributed by atoms with Crippen LogP contribution in [0.3, 0.4) is 0 Å². The molecule has 0 aliphatic carbocycles. The number of thioether (sulfide) groups is 1. The van der Waals surface area contributed by atoms with Crippen LogP contribution in [0.2, 0.25) is 0 Å². The first-order valence-electron chi connectivity index (χ1n) is 6.78. The first-order chi connectivity index (χ1) is 10.3. The highest BCUT2D eigenvalue weighted by molar-refractivity contribution is 8.00. The highest BCUT2D eigenvalue weighted by Gasteiger charge is 2.30. The number of nitrogens with one attached hydrogen (secondary N) is 1. The maximum atomic E-state index is 12.1. The third kappa shape index (κ3) is 4.23. The third-order valence-corrected chi connectivity index (χ3v) is 6.31. The average Bonchev–Trinajstić information content (AvgIpc) is 2.78. The van der Waals surface area contributed by atoms with E-state index in [1.807, 2.05) is 0 Å². The summed E-state index contributed by atoms with van der Waals surface area (Å²) < 4.78 is 22.8. The summed E-state index contributed by atoms with van der Waals surface area (Å²) in [4.78, 5) is 23.8. The first kappa shape index (κ1) is 16.8. The fraction of sp³-hybridized carbons (Fsp3) is 0.429. The van der Waals surface area contributed by atoms with Gasteiger partial charge in [-0.1, -0.05) is 12.1 Å². The number of benzene rings is 1. The largest absolute Gasteiger partial charge is 0.478 e. The molecule has 1 saturated heterocycles. The van der Waals surface area contributed by atoms with Crippen molar-refractivity contribution in [2.24, 2.45) is 0 Å². The van der Waals surface area contributed by atoms with Crippen molar-refractivity contribution in [3.63, 3.8) is 0 Å². The zero-order valence-corrected chi connectivity index (χ0v) is 13.6. The van der Waals surface area contributed by atoms with E-state index in [0.29, 0.717) is 11.3 Å². The maximum absolute atomic E-state index is 12.1. The molecule has 8 heteroatoms. The van der Waals surface area contributed by atoms with Gasteiger partial charge in [0.1, 0.15) is 0 Å². The summed E-state index contributed by atoms with van der Waals surface area (Å²) >= 11 is 1.15. The Kier molecular flexibility index (Phi) is 5.12. The van der Waals surface area contributed by atoms with E-state index in [1.54, 1.807) is 25.1 Å². The van der Waals surface area contributed by atoms with Crippen molar-refractivity contribution >= 4 is 33.5 Å². The average molecular weight is 343 g/mol. The molecule has 6 nitrogen and oxygen atoms in total.